The molecule has 0 aliphatic carbocycles. The summed E-state index contributed by atoms with van der Waals surface area (Å²) in [5.74, 6) is 0.960. The van der Waals surface area contributed by atoms with Crippen molar-refractivity contribution in [3.8, 4) is 0 Å². The van der Waals surface area contributed by atoms with E-state index < -0.39 is 0 Å². The molecule has 1 aromatic carbocycles. The van der Waals surface area contributed by atoms with Crippen molar-refractivity contribution in [1.29, 1.82) is 0 Å². The van der Waals surface area contributed by atoms with E-state index >= 15 is 0 Å². The van der Waals surface area contributed by atoms with Crippen LogP contribution < -0.4 is 10.6 Å². The minimum Gasteiger partial charge on any atom is -0.385 e. The number of hydrogen-bond acceptors (Lipinski definition) is 3. The van der Waals surface area contributed by atoms with Crippen molar-refractivity contribution in [3.63, 3.8) is 0 Å². The predicted molar refractivity (Wildman–Crippen MR) is 119 cm³/mol. The number of hydrogen-bond donors (Lipinski definition) is 2. The molecule has 1 aromatic rings. The fourth-order valence-corrected chi connectivity index (χ4v) is 3.74. The van der Waals surface area contributed by atoms with E-state index in [4.69, 9.17) is 9.73 Å². The summed E-state index contributed by atoms with van der Waals surface area (Å²) < 4.78 is 5.16. The van der Waals surface area contributed by atoms with Gasteiger partial charge in [0.1, 0.15) is 0 Å². The molecule has 2 rings (SSSR count). The number of nitrogens with one attached hydrogen (secondary N) is 2. The Morgan fingerprint density at radius 2 is 1.93 bits per heavy atom. The Morgan fingerprint density at radius 1 is 1.21 bits per heavy atom. The molecule has 5 nitrogen and oxygen atoms in total. The van der Waals surface area contributed by atoms with Gasteiger partial charge in [0.15, 0.2) is 5.96 Å². The molecule has 1 fully saturated rings. The molecule has 0 unspecified atom stereocenters. The number of ether oxygens (including phenoxy) is 1. The zero-order valence-corrected chi connectivity index (χ0v) is 18.3. The Labute approximate surface area is 171 Å². The standard InChI is InChI=1S/C23H40N4O/c1-5-24-22(25-19-23(2,3)18-20-10-7-6-8-11-20)26-21-12-15-27(16-13-21)14-9-17-28-4/h6-8,10-11,21H,5,9,12-19H2,1-4H3,(H2,24,25,26). The zero-order valence-electron chi connectivity index (χ0n) is 18.3. The summed E-state index contributed by atoms with van der Waals surface area (Å²) in [7, 11) is 1.78. The topological polar surface area (TPSA) is 48.9 Å². The van der Waals surface area contributed by atoms with Crippen molar-refractivity contribution in [3.05, 3.63) is 35.9 Å². The maximum absolute atomic E-state index is 5.16. The summed E-state index contributed by atoms with van der Waals surface area (Å²) >= 11 is 0. The lowest BCUT2D eigenvalue weighted by Gasteiger charge is -2.33. The molecular formula is C23H40N4O. The molecule has 2 N–H and O–H groups in total. The summed E-state index contributed by atoms with van der Waals surface area (Å²) in [6, 6.07) is 11.2. The average molecular weight is 389 g/mol. The number of nitrogens with zero attached hydrogens (tertiary/aromatic N) is 2. The van der Waals surface area contributed by atoms with Crippen LogP contribution in [0.5, 0.6) is 0 Å². The van der Waals surface area contributed by atoms with E-state index in [0.717, 1.165) is 58.1 Å². The molecule has 0 amide bonds. The van der Waals surface area contributed by atoms with Gasteiger partial charge in [0.2, 0.25) is 0 Å². The molecule has 0 saturated carbocycles. The smallest absolute Gasteiger partial charge is 0.191 e. The second kappa shape index (κ2) is 12.1. The summed E-state index contributed by atoms with van der Waals surface area (Å²) in [4.78, 5) is 7.47. The number of likely N-dealkylation sites (tertiary alicyclic amines) is 1. The normalized spacial score (nSPS) is 16.9. The predicted octanol–water partition coefficient (Wildman–Crippen LogP) is 3.31. The second-order valence-corrected chi connectivity index (χ2v) is 8.63. The van der Waals surface area contributed by atoms with E-state index in [-0.39, 0.29) is 5.41 Å². The molecule has 158 valence electrons. The highest BCUT2D eigenvalue weighted by atomic mass is 16.5. The monoisotopic (exact) mass is 388 g/mol. The highest BCUT2D eigenvalue weighted by Gasteiger charge is 2.21. The van der Waals surface area contributed by atoms with Crippen LogP contribution in [0.1, 0.15) is 45.6 Å². The van der Waals surface area contributed by atoms with E-state index in [1.807, 2.05) is 0 Å². The molecule has 1 heterocycles. The fraction of sp³-hybridized carbons (Fsp3) is 0.696. The molecule has 1 aliphatic heterocycles. The zero-order chi connectivity index (χ0) is 20.2. The van der Waals surface area contributed by atoms with E-state index in [0.29, 0.717) is 6.04 Å². The van der Waals surface area contributed by atoms with Gasteiger partial charge in [-0.1, -0.05) is 44.2 Å². The van der Waals surface area contributed by atoms with E-state index in [9.17, 15) is 0 Å². The average Bonchev–Trinajstić information content (AvgIpc) is 2.68. The van der Waals surface area contributed by atoms with Gasteiger partial charge in [-0.3, -0.25) is 4.99 Å². The Bertz CT molecular complexity index is 565. The van der Waals surface area contributed by atoms with Crippen molar-refractivity contribution in [2.75, 3.05) is 46.4 Å². The van der Waals surface area contributed by atoms with Gasteiger partial charge in [0.05, 0.1) is 0 Å². The second-order valence-electron chi connectivity index (χ2n) is 8.63. The Balaban J connectivity index is 1.82. The molecule has 1 aliphatic rings. The van der Waals surface area contributed by atoms with Gasteiger partial charge in [0.25, 0.3) is 0 Å². The van der Waals surface area contributed by atoms with Gasteiger partial charge in [-0.05, 0) is 43.6 Å². The third kappa shape index (κ3) is 8.61. The van der Waals surface area contributed by atoms with Gasteiger partial charge in [-0.2, -0.15) is 0 Å². The first kappa shape index (κ1) is 22.7. The highest BCUT2D eigenvalue weighted by Crippen LogP contribution is 2.22. The van der Waals surface area contributed by atoms with Gasteiger partial charge >= 0.3 is 0 Å². The number of methoxy groups -OCH3 is 1. The van der Waals surface area contributed by atoms with Crippen LogP contribution in [0.2, 0.25) is 0 Å². The third-order valence-electron chi connectivity index (χ3n) is 5.29. The quantitative estimate of drug-likeness (QED) is 0.367. The van der Waals surface area contributed by atoms with Crippen LogP contribution in [-0.2, 0) is 11.2 Å². The van der Waals surface area contributed by atoms with Crippen LogP contribution >= 0.6 is 0 Å². The van der Waals surface area contributed by atoms with Crippen LogP contribution in [0.25, 0.3) is 0 Å². The molecule has 28 heavy (non-hydrogen) atoms. The largest absolute Gasteiger partial charge is 0.385 e. The Kier molecular flexibility index (Phi) is 9.79. The summed E-state index contributed by atoms with van der Waals surface area (Å²) in [6.07, 6.45) is 4.50. The number of piperidine rings is 1. The van der Waals surface area contributed by atoms with Crippen molar-refractivity contribution in [1.82, 2.24) is 15.5 Å². The molecular weight excluding hydrogens is 348 g/mol. The van der Waals surface area contributed by atoms with Crippen LogP contribution in [-0.4, -0.2) is 63.3 Å². The van der Waals surface area contributed by atoms with Gasteiger partial charge in [-0.25, -0.2) is 0 Å². The molecule has 0 bridgehead atoms. The van der Waals surface area contributed by atoms with E-state index in [1.165, 1.54) is 18.4 Å². The van der Waals surface area contributed by atoms with Crippen LogP contribution in [0, 0.1) is 5.41 Å². The van der Waals surface area contributed by atoms with Gasteiger partial charge in [0, 0.05) is 52.5 Å². The van der Waals surface area contributed by atoms with E-state index in [2.05, 4.69) is 66.6 Å². The van der Waals surface area contributed by atoms with Crippen molar-refractivity contribution < 1.29 is 4.74 Å². The lowest BCUT2D eigenvalue weighted by Crippen LogP contribution is -2.49. The van der Waals surface area contributed by atoms with Gasteiger partial charge in [-0.15, -0.1) is 0 Å². The first-order valence-corrected chi connectivity index (χ1v) is 10.8. The number of benzene rings is 1. The van der Waals surface area contributed by atoms with Crippen molar-refractivity contribution in [2.24, 2.45) is 10.4 Å². The number of rotatable bonds is 10. The first-order valence-electron chi connectivity index (χ1n) is 10.8. The van der Waals surface area contributed by atoms with Crippen molar-refractivity contribution in [2.45, 2.75) is 52.5 Å². The van der Waals surface area contributed by atoms with Crippen LogP contribution in [0.4, 0.5) is 0 Å². The molecule has 5 heteroatoms. The maximum Gasteiger partial charge on any atom is 0.191 e. The van der Waals surface area contributed by atoms with Crippen molar-refractivity contribution >= 4 is 5.96 Å². The molecule has 0 spiro atoms. The summed E-state index contributed by atoms with van der Waals surface area (Å²) in [5, 5.41) is 7.10. The molecule has 0 aromatic heterocycles. The Morgan fingerprint density at radius 3 is 2.57 bits per heavy atom. The fourth-order valence-electron chi connectivity index (χ4n) is 3.74. The number of aliphatic imine (C=N–C) groups is 1. The number of guanidine groups is 1. The summed E-state index contributed by atoms with van der Waals surface area (Å²) in [5.41, 5.74) is 1.51. The lowest BCUT2D eigenvalue weighted by atomic mass is 9.86. The first-order chi connectivity index (χ1) is 13.5. The SMILES string of the molecule is CCNC(=NCC(C)(C)Cc1ccccc1)NC1CCN(CCCOC)CC1. The minimum absolute atomic E-state index is 0.133. The molecule has 1 saturated heterocycles. The minimum atomic E-state index is 0.133. The van der Waals surface area contributed by atoms with Gasteiger partial charge < -0.3 is 20.3 Å². The summed E-state index contributed by atoms with van der Waals surface area (Å²) in [6.45, 7) is 12.7. The van der Waals surface area contributed by atoms with Crippen LogP contribution in [0.3, 0.4) is 0 Å². The highest BCUT2D eigenvalue weighted by molar-refractivity contribution is 5.80. The van der Waals surface area contributed by atoms with E-state index in [1.54, 1.807) is 7.11 Å². The molecule has 0 atom stereocenters. The Hall–Kier alpha value is -1.59. The van der Waals surface area contributed by atoms with Crippen LogP contribution in [0.15, 0.2) is 35.3 Å². The molecule has 0 radical (unpaired) electrons. The lowest BCUT2D eigenvalue weighted by molar-refractivity contribution is 0.155. The maximum atomic E-state index is 5.16. The third-order valence-corrected chi connectivity index (χ3v) is 5.29.